The number of nitrogens with two attached hydrogens (primary N) is 1. The monoisotopic (exact) mass is 337 g/mol. The van der Waals surface area contributed by atoms with Crippen molar-refractivity contribution in [1.29, 1.82) is 0 Å². The van der Waals surface area contributed by atoms with E-state index in [0.29, 0.717) is 10.9 Å². The van der Waals surface area contributed by atoms with Crippen LogP contribution in [0.3, 0.4) is 0 Å². The van der Waals surface area contributed by atoms with Gasteiger partial charge in [0.2, 0.25) is 11.3 Å². The molecule has 2 aromatic carbocycles. The minimum absolute atomic E-state index is 0.0562. The molecule has 0 saturated carbocycles. The Hall–Kier alpha value is -3.48. The van der Waals surface area contributed by atoms with Gasteiger partial charge in [-0.05, 0) is 30.3 Å². The largest absolute Gasteiger partial charge is 0.426 e. The van der Waals surface area contributed by atoms with Gasteiger partial charge in [-0.15, -0.1) is 0 Å². The van der Waals surface area contributed by atoms with Gasteiger partial charge in [0, 0.05) is 10.9 Å². The number of fused-ring (bicyclic) bond motifs is 1. The number of para-hydroxylation sites is 1. The van der Waals surface area contributed by atoms with Crippen LogP contribution < -0.4 is 15.9 Å². The van der Waals surface area contributed by atoms with Gasteiger partial charge in [0.05, 0.1) is 24.7 Å². The summed E-state index contributed by atoms with van der Waals surface area (Å²) in [5, 5.41) is 4.60. The van der Waals surface area contributed by atoms with E-state index in [2.05, 4.69) is 5.10 Å². The molecule has 0 saturated heterocycles. The lowest BCUT2D eigenvalue weighted by molar-refractivity contribution is -0.134. The second-order valence-corrected chi connectivity index (χ2v) is 5.37. The quantitative estimate of drug-likeness (QED) is 0.561. The zero-order chi connectivity index (χ0) is 17.8. The third kappa shape index (κ3) is 3.72. The summed E-state index contributed by atoms with van der Waals surface area (Å²) in [6, 6.07) is 13.1. The van der Waals surface area contributed by atoms with Crippen LogP contribution in [0.4, 0.5) is 0 Å². The van der Waals surface area contributed by atoms with Crippen molar-refractivity contribution in [2.75, 3.05) is 0 Å². The first-order valence-electron chi connectivity index (χ1n) is 7.60. The van der Waals surface area contributed by atoms with Gasteiger partial charge in [0.1, 0.15) is 5.75 Å². The number of nitrogens with zero attached hydrogens (tertiary/aromatic N) is 2. The number of benzene rings is 2. The van der Waals surface area contributed by atoms with E-state index in [1.54, 1.807) is 41.1 Å². The smallest absolute Gasteiger partial charge is 0.313 e. The Morgan fingerprint density at radius 1 is 1.12 bits per heavy atom. The molecule has 1 aromatic heterocycles. The molecule has 0 unspecified atom stereocenters. The predicted molar refractivity (Wildman–Crippen MR) is 91.2 cm³/mol. The number of aromatic nitrogens is 2. The van der Waals surface area contributed by atoms with Gasteiger partial charge in [-0.25, -0.2) is 0 Å². The van der Waals surface area contributed by atoms with Crippen LogP contribution in [0.15, 0.2) is 59.5 Å². The number of carbonyl (C=O) groups excluding carboxylic acids is 2. The molecular weight excluding hydrogens is 322 g/mol. The molecule has 126 valence electrons. The molecule has 0 aliphatic carbocycles. The summed E-state index contributed by atoms with van der Waals surface area (Å²) < 4.78 is 6.79. The Morgan fingerprint density at radius 2 is 1.92 bits per heavy atom. The van der Waals surface area contributed by atoms with E-state index in [1.165, 1.54) is 18.3 Å². The second kappa shape index (κ2) is 6.96. The topological polar surface area (TPSA) is 104 Å². The number of esters is 1. The molecule has 7 nitrogen and oxygen atoms in total. The maximum atomic E-state index is 12.0. The first-order valence-corrected chi connectivity index (χ1v) is 7.60. The third-order valence-electron chi connectivity index (χ3n) is 3.64. The molecule has 0 radical (unpaired) electrons. The fraction of sp³-hybridized carbons (Fsp3) is 0.111. The van der Waals surface area contributed by atoms with Crippen molar-refractivity contribution in [2.45, 2.75) is 13.0 Å². The Balaban J connectivity index is 1.71. The lowest BCUT2D eigenvalue weighted by atomic mass is 10.2. The highest BCUT2D eigenvalue weighted by Gasteiger charge is 2.09. The molecule has 0 atom stereocenters. The Bertz CT molecular complexity index is 1010. The van der Waals surface area contributed by atoms with Gasteiger partial charge in [-0.1, -0.05) is 18.2 Å². The highest BCUT2D eigenvalue weighted by atomic mass is 16.5. The van der Waals surface area contributed by atoms with Crippen molar-refractivity contribution in [3.05, 3.63) is 70.5 Å². The van der Waals surface area contributed by atoms with E-state index in [1.807, 2.05) is 0 Å². The van der Waals surface area contributed by atoms with Crippen LogP contribution in [0.25, 0.3) is 10.9 Å². The van der Waals surface area contributed by atoms with Crippen LogP contribution in [-0.4, -0.2) is 21.7 Å². The lowest BCUT2D eigenvalue weighted by Crippen LogP contribution is -2.17. The number of aryl methyl sites for hydroxylation is 1. The number of amides is 1. The van der Waals surface area contributed by atoms with Gasteiger partial charge >= 0.3 is 5.97 Å². The Labute approximate surface area is 142 Å². The van der Waals surface area contributed by atoms with E-state index >= 15 is 0 Å². The molecule has 1 heterocycles. The van der Waals surface area contributed by atoms with E-state index in [9.17, 15) is 14.4 Å². The maximum absolute atomic E-state index is 12.0. The summed E-state index contributed by atoms with van der Waals surface area (Å²) in [6.45, 7) is 0.259. The molecule has 0 fully saturated rings. The average molecular weight is 337 g/mol. The molecular formula is C18H15N3O4. The normalized spacial score (nSPS) is 10.6. The first kappa shape index (κ1) is 16.4. The maximum Gasteiger partial charge on any atom is 0.313 e. The van der Waals surface area contributed by atoms with Crippen molar-refractivity contribution in [3.8, 4) is 5.75 Å². The van der Waals surface area contributed by atoms with Crippen LogP contribution in [-0.2, 0) is 11.3 Å². The predicted octanol–water partition coefficient (Wildman–Crippen LogP) is 1.49. The van der Waals surface area contributed by atoms with Crippen molar-refractivity contribution in [3.63, 3.8) is 0 Å². The van der Waals surface area contributed by atoms with Gasteiger partial charge in [0.15, 0.2) is 0 Å². The highest BCUT2D eigenvalue weighted by Crippen LogP contribution is 2.14. The number of primary amides is 1. The highest BCUT2D eigenvalue weighted by molar-refractivity contribution is 5.93. The molecule has 0 aliphatic rings. The fourth-order valence-electron chi connectivity index (χ4n) is 2.43. The number of hydrogen-bond donors (Lipinski definition) is 1. The zero-order valence-electron chi connectivity index (χ0n) is 13.2. The van der Waals surface area contributed by atoms with Crippen LogP contribution in [0.5, 0.6) is 5.75 Å². The summed E-state index contributed by atoms with van der Waals surface area (Å²) in [7, 11) is 0. The number of hydrogen-bond acceptors (Lipinski definition) is 5. The van der Waals surface area contributed by atoms with Crippen molar-refractivity contribution in [2.24, 2.45) is 5.73 Å². The Kier molecular flexibility index (Phi) is 4.56. The summed E-state index contributed by atoms with van der Waals surface area (Å²) in [4.78, 5) is 35.0. The van der Waals surface area contributed by atoms with E-state index in [0.717, 1.165) is 0 Å². The van der Waals surface area contributed by atoms with Gasteiger partial charge < -0.3 is 10.5 Å². The van der Waals surface area contributed by atoms with Crippen LogP contribution in [0.2, 0.25) is 0 Å². The summed E-state index contributed by atoms with van der Waals surface area (Å²) >= 11 is 0. The molecule has 3 rings (SSSR count). The first-order chi connectivity index (χ1) is 12.0. The summed E-state index contributed by atoms with van der Waals surface area (Å²) in [5.41, 5.74) is 5.94. The minimum atomic E-state index is -0.596. The molecule has 1 amide bonds. The van der Waals surface area contributed by atoms with Crippen molar-refractivity contribution < 1.29 is 14.3 Å². The molecule has 0 bridgehead atoms. The molecule has 25 heavy (non-hydrogen) atoms. The van der Waals surface area contributed by atoms with E-state index < -0.39 is 11.9 Å². The molecule has 0 spiro atoms. The zero-order valence-corrected chi connectivity index (χ0v) is 13.2. The number of carbonyl (C=O) groups is 2. The fourth-order valence-corrected chi connectivity index (χ4v) is 2.43. The van der Waals surface area contributed by atoms with Gasteiger partial charge in [0.25, 0.3) is 0 Å². The van der Waals surface area contributed by atoms with Crippen molar-refractivity contribution >= 4 is 22.8 Å². The molecule has 0 aliphatic heterocycles. The van der Waals surface area contributed by atoms with E-state index in [4.69, 9.17) is 10.5 Å². The molecule has 3 aromatic rings. The van der Waals surface area contributed by atoms with Crippen LogP contribution in [0, 0.1) is 0 Å². The molecule has 2 N–H and O–H groups in total. The summed E-state index contributed by atoms with van der Waals surface area (Å²) in [5.74, 6) is -0.827. The summed E-state index contributed by atoms with van der Waals surface area (Å²) in [6.07, 6.45) is 1.28. The second-order valence-electron chi connectivity index (χ2n) is 5.37. The SMILES string of the molecule is NC(=O)c1cccc(OC(=O)CCn2ncc(=O)c3ccccc32)c1. The number of ether oxygens (including phenoxy) is 1. The number of rotatable bonds is 5. The lowest BCUT2D eigenvalue weighted by Gasteiger charge is -2.09. The minimum Gasteiger partial charge on any atom is -0.426 e. The van der Waals surface area contributed by atoms with Crippen LogP contribution >= 0.6 is 0 Å². The van der Waals surface area contributed by atoms with E-state index in [-0.39, 0.29) is 29.7 Å². The molecule has 7 heteroatoms. The average Bonchev–Trinajstić information content (AvgIpc) is 2.61. The van der Waals surface area contributed by atoms with Gasteiger partial charge in [-0.3, -0.25) is 19.1 Å². The standard InChI is InChI=1S/C18H15N3O4/c19-18(24)12-4-3-5-13(10-12)25-17(23)8-9-21-15-7-2-1-6-14(15)16(22)11-20-21/h1-7,10-11H,8-9H2,(H2,19,24). The van der Waals surface area contributed by atoms with Crippen molar-refractivity contribution in [1.82, 2.24) is 9.78 Å². The van der Waals surface area contributed by atoms with Crippen LogP contribution in [0.1, 0.15) is 16.8 Å². The third-order valence-corrected chi connectivity index (χ3v) is 3.64. The Morgan fingerprint density at radius 3 is 2.72 bits per heavy atom. The van der Waals surface area contributed by atoms with Gasteiger partial charge in [-0.2, -0.15) is 5.10 Å².